The van der Waals surface area contributed by atoms with Crippen molar-refractivity contribution >= 4 is 76.5 Å². The van der Waals surface area contributed by atoms with Crippen molar-refractivity contribution in [1.29, 1.82) is 0 Å². The Kier molecular flexibility index (Phi) is 6.27. The number of benzene rings is 8. The molecule has 0 amide bonds. The van der Waals surface area contributed by atoms with Crippen LogP contribution in [0.3, 0.4) is 0 Å². The molecule has 0 spiro atoms. The first-order valence-electron chi connectivity index (χ1n) is 18.6. The number of aromatic nitrogens is 4. The van der Waals surface area contributed by atoms with Crippen LogP contribution in [0.15, 0.2) is 186 Å². The van der Waals surface area contributed by atoms with Crippen molar-refractivity contribution in [3.05, 3.63) is 182 Å². The van der Waals surface area contributed by atoms with E-state index in [1.807, 2.05) is 18.2 Å². The van der Waals surface area contributed by atoms with E-state index in [-0.39, 0.29) is 0 Å². The normalized spacial score (nSPS) is 12.0. The first-order chi connectivity index (χ1) is 27.3. The van der Waals surface area contributed by atoms with E-state index >= 15 is 0 Å². The number of fused-ring (bicyclic) bond motifs is 12. The Labute approximate surface area is 315 Å². The lowest BCUT2D eigenvalue weighted by Crippen LogP contribution is -2.03. The minimum Gasteiger partial charge on any atom is -0.455 e. The predicted octanol–water partition coefficient (Wildman–Crippen LogP) is 13.1. The van der Waals surface area contributed by atoms with E-state index in [9.17, 15) is 0 Å². The summed E-state index contributed by atoms with van der Waals surface area (Å²) in [6, 6.07) is 64.0. The summed E-state index contributed by atoms with van der Waals surface area (Å²) in [7, 11) is 0. The Morgan fingerprint density at radius 2 is 0.964 bits per heavy atom. The molecule has 8 aromatic carbocycles. The molecule has 4 aromatic heterocycles. The highest BCUT2D eigenvalue weighted by atomic mass is 16.3. The average molecular weight is 703 g/mol. The Bertz CT molecular complexity index is 3470. The van der Waals surface area contributed by atoms with Crippen LogP contribution in [0, 0.1) is 0 Å². The van der Waals surface area contributed by atoms with E-state index in [0.29, 0.717) is 5.95 Å². The van der Waals surface area contributed by atoms with Crippen LogP contribution in [0.2, 0.25) is 0 Å². The van der Waals surface area contributed by atoms with E-state index in [2.05, 4.69) is 173 Å². The molecule has 55 heavy (non-hydrogen) atoms. The Morgan fingerprint density at radius 3 is 1.78 bits per heavy atom. The highest BCUT2D eigenvalue weighted by Crippen LogP contribution is 2.46. The van der Waals surface area contributed by atoms with E-state index < -0.39 is 0 Å². The molecule has 0 N–H and O–H groups in total. The molecule has 0 aliphatic carbocycles. The third kappa shape index (κ3) is 4.35. The second-order valence-electron chi connectivity index (χ2n) is 14.1. The molecule has 12 aromatic rings. The van der Waals surface area contributed by atoms with Gasteiger partial charge in [0.05, 0.1) is 38.7 Å². The van der Waals surface area contributed by atoms with Gasteiger partial charge in [-0.15, -0.1) is 0 Å². The van der Waals surface area contributed by atoms with Crippen LogP contribution in [0.25, 0.3) is 110 Å². The summed E-state index contributed by atoms with van der Waals surface area (Å²) in [6.45, 7) is 0. The lowest BCUT2D eigenvalue weighted by atomic mass is 10.0. The average Bonchev–Trinajstić information content (AvgIpc) is 3.91. The Morgan fingerprint density at radius 1 is 0.364 bits per heavy atom. The van der Waals surface area contributed by atoms with Crippen molar-refractivity contribution in [3.8, 4) is 34.0 Å². The minimum absolute atomic E-state index is 0.613. The van der Waals surface area contributed by atoms with Gasteiger partial charge in [-0.05, 0) is 65.7 Å². The standard InChI is InChI=1S/C50H30N4O/c1-3-13-31(14-4-1)32-23-25-33(26-24-32)48-37-18-7-10-20-39(37)51-50(52-48)54-42-30-29-41-45(38-19-8-11-21-40(38)53(41)34-15-5-2-6-16-34)46(42)47-43(54)28-27-36-35-17-9-12-22-44(35)55-49(36)47/h1-30H. The van der Waals surface area contributed by atoms with E-state index in [1.54, 1.807) is 0 Å². The van der Waals surface area contributed by atoms with Crippen molar-refractivity contribution in [2.75, 3.05) is 0 Å². The molecule has 256 valence electrons. The summed E-state index contributed by atoms with van der Waals surface area (Å²) < 4.78 is 11.4. The van der Waals surface area contributed by atoms with Gasteiger partial charge in [0.2, 0.25) is 5.95 Å². The van der Waals surface area contributed by atoms with Gasteiger partial charge >= 0.3 is 0 Å². The zero-order valence-electron chi connectivity index (χ0n) is 29.5. The van der Waals surface area contributed by atoms with Gasteiger partial charge < -0.3 is 8.98 Å². The topological polar surface area (TPSA) is 48.8 Å². The largest absolute Gasteiger partial charge is 0.455 e. The summed E-state index contributed by atoms with van der Waals surface area (Å²) in [5.74, 6) is 0.613. The van der Waals surface area contributed by atoms with E-state index in [4.69, 9.17) is 14.4 Å². The van der Waals surface area contributed by atoms with Crippen molar-refractivity contribution in [3.63, 3.8) is 0 Å². The molecule has 5 heteroatoms. The number of furan rings is 1. The second-order valence-corrected chi connectivity index (χ2v) is 14.1. The maximum Gasteiger partial charge on any atom is 0.235 e. The Balaban J connectivity index is 1.21. The number of nitrogens with zero attached hydrogens (tertiary/aromatic N) is 4. The van der Waals surface area contributed by atoms with Crippen molar-refractivity contribution in [2.45, 2.75) is 0 Å². The summed E-state index contributed by atoms with van der Waals surface area (Å²) in [4.78, 5) is 10.8. The summed E-state index contributed by atoms with van der Waals surface area (Å²) >= 11 is 0. The molecule has 0 radical (unpaired) electrons. The molecule has 0 atom stereocenters. The summed E-state index contributed by atoms with van der Waals surface area (Å²) in [6.07, 6.45) is 0. The molecule has 0 fully saturated rings. The molecule has 4 heterocycles. The van der Waals surface area contributed by atoms with Crippen LogP contribution in [-0.4, -0.2) is 19.1 Å². The molecular weight excluding hydrogens is 673 g/mol. The first kappa shape index (κ1) is 30.0. The van der Waals surface area contributed by atoms with Gasteiger partial charge in [0.15, 0.2) is 0 Å². The summed E-state index contributed by atoms with van der Waals surface area (Å²) in [5.41, 5.74) is 12.3. The van der Waals surface area contributed by atoms with Crippen LogP contribution in [0.4, 0.5) is 0 Å². The minimum atomic E-state index is 0.613. The van der Waals surface area contributed by atoms with Crippen molar-refractivity contribution in [2.24, 2.45) is 0 Å². The lowest BCUT2D eigenvalue weighted by molar-refractivity contribution is 0.673. The van der Waals surface area contributed by atoms with Gasteiger partial charge in [0.25, 0.3) is 0 Å². The van der Waals surface area contributed by atoms with Gasteiger partial charge in [-0.2, -0.15) is 0 Å². The van der Waals surface area contributed by atoms with E-state index in [1.165, 1.54) is 21.9 Å². The highest BCUT2D eigenvalue weighted by Gasteiger charge is 2.25. The molecular formula is C50H30N4O. The third-order valence-corrected chi connectivity index (χ3v) is 11.1. The maximum atomic E-state index is 6.83. The highest BCUT2D eigenvalue weighted by molar-refractivity contribution is 6.33. The fourth-order valence-corrected chi connectivity index (χ4v) is 8.73. The van der Waals surface area contributed by atoms with Gasteiger partial charge in [0, 0.05) is 43.6 Å². The number of hydrogen-bond acceptors (Lipinski definition) is 3. The predicted molar refractivity (Wildman–Crippen MR) is 226 cm³/mol. The summed E-state index contributed by atoms with van der Waals surface area (Å²) in [5, 5.41) is 7.72. The maximum absolute atomic E-state index is 6.83. The van der Waals surface area contributed by atoms with Crippen molar-refractivity contribution in [1.82, 2.24) is 19.1 Å². The molecule has 0 saturated heterocycles. The zero-order chi connectivity index (χ0) is 36.0. The smallest absolute Gasteiger partial charge is 0.235 e. The molecule has 12 rings (SSSR count). The number of para-hydroxylation sites is 4. The lowest BCUT2D eigenvalue weighted by Gasteiger charge is -2.12. The quantitative estimate of drug-likeness (QED) is 0.183. The fraction of sp³-hybridized carbons (Fsp3) is 0. The number of hydrogen-bond donors (Lipinski definition) is 0. The molecule has 0 saturated carbocycles. The monoisotopic (exact) mass is 702 g/mol. The van der Waals surface area contributed by atoms with Gasteiger partial charge in [-0.1, -0.05) is 127 Å². The molecule has 0 unspecified atom stereocenters. The van der Waals surface area contributed by atoms with Gasteiger partial charge in [-0.25, -0.2) is 9.97 Å². The van der Waals surface area contributed by atoms with E-state index in [0.717, 1.165) is 82.6 Å². The Hall–Kier alpha value is -7.50. The fourth-order valence-electron chi connectivity index (χ4n) is 8.73. The number of rotatable bonds is 4. The van der Waals surface area contributed by atoms with Crippen LogP contribution in [0.5, 0.6) is 0 Å². The van der Waals surface area contributed by atoms with Gasteiger partial charge in [-0.3, -0.25) is 4.57 Å². The molecule has 0 aliphatic rings. The SMILES string of the molecule is c1ccc(-c2ccc(-c3nc(-n4c5ccc6c7ccccc7oc6c5c5c6c7ccccc7n(-c7ccccc7)c6ccc54)nc4ccccc34)cc2)cc1. The molecule has 0 aliphatic heterocycles. The second kappa shape index (κ2) is 11.5. The van der Waals surface area contributed by atoms with Crippen molar-refractivity contribution < 1.29 is 4.42 Å². The molecule has 0 bridgehead atoms. The van der Waals surface area contributed by atoms with Crippen LogP contribution >= 0.6 is 0 Å². The third-order valence-electron chi connectivity index (χ3n) is 11.1. The zero-order valence-corrected chi connectivity index (χ0v) is 29.5. The van der Waals surface area contributed by atoms with Crippen LogP contribution < -0.4 is 0 Å². The van der Waals surface area contributed by atoms with Crippen LogP contribution in [0.1, 0.15) is 0 Å². The first-order valence-corrected chi connectivity index (χ1v) is 18.6. The van der Waals surface area contributed by atoms with Crippen LogP contribution in [-0.2, 0) is 0 Å². The van der Waals surface area contributed by atoms with Gasteiger partial charge in [0.1, 0.15) is 11.2 Å². The molecule has 5 nitrogen and oxygen atoms in total.